The van der Waals surface area contributed by atoms with Crippen LogP contribution >= 0.6 is 11.8 Å². The maximum absolute atomic E-state index is 13.5. The van der Waals surface area contributed by atoms with Crippen molar-refractivity contribution in [3.63, 3.8) is 0 Å². The fraction of sp³-hybridized carbons (Fsp3) is 0.189. The summed E-state index contributed by atoms with van der Waals surface area (Å²) in [6, 6.07) is 29.4. The lowest BCUT2D eigenvalue weighted by Gasteiger charge is -2.14. The summed E-state index contributed by atoms with van der Waals surface area (Å²) in [6.07, 6.45) is 3.33. The largest absolute Gasteiger partial charge is 0.497 e. The number of amides is 3. The van der Waals surface area contributed by atoms with Crippen LogP contribution in [0.25, 0.3) is 6.08 Å². The first-order valence-corrected chi connectivity index (χ1v) is 16.0. The van der Waals surface area contributed by atoms with Crippen molar-refractivity contribution in [1.82, 2.24) is 5.32 Å². The fourth-order valence-corrected chi connectivity index (χ4v) is 5.16. The van der Waals surface area contributed by atoms with Crippen molar-refractivity contribution < 1.29 is 28.7 Å². The molecule has 0 spiro atoms. The Bertz CT molecular complexity index is 1710. The number of benzene rings is 4. The Kier molecular flexibility index (Phi) is 12.8. The van der Waals surface area contributed by atoms with Gasteiger partial charge in [-0.05, 0) is 91.7 Å². The van der Waals surface area contributed by atoms with Crippen molar-refractivity contribution in [1.29, 1.82) is 0 Å². The molecule has 0 radical (unpaired) electrons. The highest BCUT2D eigenvalue weighted by Crippen LogP contribution is 2.27. The molecule has 1 unspecified atom stereocenters. The minimum atomic E-state index is -0.518. The molecular weight excluding hydrogens is 614 g/mol. The van der Waals surface area contributed by atoms with E-state index in [1.54, 1.807) is 117 Å². The topological polar surface area (TPSA) is 123 Å². The second kappa shape index (κ2) is 17.4. The van der Waals surface area contributed by atoms with Crippen molar-refractivity contribution in [3.05, 3.63) is 126 Å². The van der Waals surface area contributed by atoms with E-state index in [0.717, 1.165) is 17.7 Å². The van der Waals surface area contributed by atoms with Crippen molar-refractivity contribution in [2.24, 2.45) is 0 Å². The summed E-state index contributed by atoms with van der Waals surface area (Å²) in [5, 5.41) is 7.98. The van der Waals surface area contributed by atoms with E-state index < -0.39 is 23.0 Å². The van der Waals surface area contributed by atoms with Gasteiger partial charge in [-0.25, -0.2) is 4.79 Å². The number of carbonyl (C=O) groups excluding carboxylic acids is 4. The second-order valence-corrected chi connectivity index (χ2v) is 11.9. The average molecular weight is 652 g/mol. The van der Waals surface area contributed by atoms with Crippen LogP contribution in [0.15, 0.2) is 114 Å². The Balaban J connectivity index is 1.40. The van der Waals surface area contributed by atoms with Crippen LogP contribution in [0.3, 0.4) is 0 Å². The van der Waals surface area contributed by atoms with Crippen LogP contribution in [0.4, 0.5) is 11.4 Å². The second-order valence-electron chi connectivity index (χ2n) is 10.4. The van der Waals surface area contributed by atoms with Gasteiger partial charge in [0.05, 0.1) is 24.5 Å². The van der Waals surface area contributed by atoms with Crippen molar-refractivity contribution >= 4 is 52.9 Å². The quantitative estimate of drug-likeness (QED) is 0.0571. The van der Waals surface area contributed by atoms with E-state index in [4.69, 9.17) is 9.47 Å². The number of methoxy groups -OCH3 is 1. The molecule has 0 saturated carbocycles. The average Bonchev–Trinajstić information content (AvgIpc) is 3.09. The van der Waals surface area contributed by atoms with Gasteiger partial charge >= 0.3 is 5.97 Å². The molecule has 47 heavy (non-hydrogen) atoms. The summed E-state index contributed by atoms with van der Waals surface area (Å²) in [5.41, 5.74) is 2.62. The highest BCUT2D eigenvalue weighted by atomic mass is 32.2. The molecule has 0 aliphatic heterocycles. The Morgan fingerprint density at radius 1 is 0.809 bits per heavy atom. The van der Waals surface area contributed by atoms with Gasteiger partial charge in [-0.3, -0.25) is 14.4 Å². The molecule has 0 bridgehead atoms. The minimum Gasteiger partial charge on any atom is -0.497 e. The molecule has 0 heterocycles. The molecular formula is C37H37N3O6S. The van der Waals surface area contributed by atoms with Crippen molar-refractivity contribution in [3.8, 4) is 5.75 Å². The fourth-order valence-electron chi connectivity index (χ4n) is 4.24. The highest BCUT2D eigenvalue weighted by Gasteiger charge is 2.18. The number of hydrogen-bond acceptors (Lipinski definition) is 7. The van der Waals surface area contributed by atoms with Crippen LogP contribution in [0, 0.1) is 0 Å². The third kappa shape index (κ3) is 10.6. The Labute approximate surface area is 278 Å². The van der Waals surface area contributed by atoms with Gasteiger partial charge in [0.25, 0.3) is 11.8 Å². The van der Waals surface area contributed by atoms with Gasteiger partial charge in [-0.2, -0.15) is 0 Å². The van der Waals surface area contributed by atoms with Gasteiger partial charge in [0.1, 0.15) is 11.4 Å². The predicted octanol–water partition coefficient (Wildman–Crippen LogP) is 7.18. The summed E-state index contributed by atoms with van der Waals surface area (Å²) < 4.78 is 10.4. The maximum Gasteiger partial charge on any atom is 0.338 e. The number of hydrogen-bond donors (Lipinski definition) is 3. The van der Waals surface area contributed by atoms with Crippen LogP contribution in [-0.4, -0.2) is 42.7 Å². The zero-order valence-electron chi connectivity index (χ0n) is 26.4. The molecule has 9 nitrogen and oxygen atoms in total. The molecule has 3 N–H and O–H groups in total. The number of ether oxygens (including phenoxy) is 2. The predicted molar refractivity (Wildman–Crippen MR) is 186 cm³/mol. The first-order valence-electron chi connectivity index (χ1n) is 15.1. The number of esters is 1. The normalized spacial score (nSPS) is 11.6. The molecule has 4 rings (SSSR count). The molecule has 0 aliphatic rings. The molecule has 1 atom stereocenters. The number of unbranched alkanes of at least 4 members (excludes halogenated alkanes) is 1. The summed E-state index contributed by atoms with van der Waals surface area (Å²) >= 11 is 1.32. The standard InChI is InChI=1S/C37H37N3O6S/c1-4-5-22-46-37(44)28-16-18-29(19-17-28)38-34(41)25(2)47-32-13-9-12-30(24-32)39-36(43)33(23-26-14-20-31(45-3)21-15-26)40-35(42)27-10-7-6-8-11-27/h6-21,23-25H,4-5,22H2,1-3H3,(H,38,41)(H,39,43)(H,40,42)/b33-23+. The van der Waals surface area contributed by atoms with E-state index in [1.807, 2.05) is 13.0 Å². The Hall–Kier alpha value is -5.35. The van der Waals surface area contributed by atoms with Gasteiger partial charge in [-0.15, -0.1) is 11.8 Å². The van der Waals surface area contributed by atoms with Crippen LogP contribution in [0.5, 0.6) is 5.75 Å². The van der Waals surface area contributed by atoms with E-state index in [9.17, 15) is 19.2 Å². The van der Waals surface area contributed by atoms with Gasteiger partial charge in [0, 0.05) is 21.8 Å². The summed E-state index contributed by atoms with van der Waals surface area (Å²) in [4.78, 5) is 52.3. The minimum absolute atomic E-state index is 0.0510. The Morgan fingerprint density at radius 2 is 1.53 bits per heavy atom. The summed E-state index contributed by atoms with van der Waals surface area (Å²) in [7, 11) is 1.57. The summed E-state index contributed by atoms with van der Waals surface area (Å²) in [6.45, 7) is 4.17. The van der Waals surface area contributed by atoms with E-state index in [0.29, 0.717) is 40.4 Å². The number of nitrogens with one attached hydrogen (secondary N) is 3. The van der Waals surface area contributed by atoms with E-state index in [1.165, 1.54) is 11.8 Å². The molecule has 4 aromatic rings. The number of carbonyl (C=O) groups is 4. The SMILES string of the molecule is CCCCOC(=O)c1ccc(NC(=O)C(C)Sc2cccc(NC(=O)/C(=C\c3ccc(OC)cc3)NC(=O)c3ccccc3)c2)cc1. The van der Waals surface area contributed by atoms with Gasteiger partial charge in [-0.1, -0.05) is 49.7 Å². The highest BCUT2D eigenvalue weighted by molar-refractivity contribution is 8.00. The van der Waals surface area contributed by atoms with Crippen LogP contribution in [0.1, 0.15) is 53.0 Å². The third-order valence-electron chi connectivity index (χ3n) is 6.85. The molecule has 3 amide bonds. The molecule has 10 heteroatoms. The van der Waals surface area contributed by atoms with Crippen LogP contribution < -0.4 is 20.7 Å². The number of thioether (sulfide) groups is 1. The van der Waals surface area contributed by atoms with Gasteiger partial charge in [0.2, 0.25) is 5.91 Å². The third-order valence-corrected chi connectivity index (χ3v) is 7.94. The first kappa shape index (κ1) is 34.5. The lowest BCUT2D eigenvalue weighted by molar-refractivity contribution is -0.115. The zero-order chi connectivity index (χ0) is 33.6. The Morgan fingerprint density at radius 3 is 2.21 bits per heavy atom. The molecule has 242 valence electrons. The number of rotatable bonds is 14. The lowest BCUT2D eigenvalue weighted by Crippen LogP contribution is -2.30. The number of anilines is 2. The van der Waals surface area contributed by atoms with Crippen LogP contribution in [-0.2, 0) is 14.3 Å². The molecule has 4 aromatic carbocycles. The molecule has 0 fully saturated rings. The summed E-state index contributed by atoms with van der Waals surface area (Å²) in [5.74, 6) is -0.900. The molecule has 0 aliphatic carbocycles. The van der Waals surface area contributed by atoms with Crippen LogP contribution in [0.2, 0.25) is 0 Å². The van der Waals surface area contributed by atoms with E-state index in [-0.39, 0.29) is 11.6 Å². The zero-order valence-corrected chi connectivity index (χ0v) is 27.3. The van der Waals surface area contributed by atoms with E-state index >= 15 is 0 Å². The van der Waals surface area contributed by atoms with Crippen molar-refractivity contribution in [2.45, 2.75) is 36.8 Å². The lowest BCUT2D eigenvalue weighted by atomic mass is 10.1. The van der Waals surface area contributed by atoms with E-state index in [2.05, 4.69) is 16.0 Å². The smallest absolute Gasteiger partial charge is 0.338 e. The van der Waals surface area contributed by atoms with Gasteiger partial charge < -0.3 is 25.4 Å². The van der Waals surface area contributed by atoms with Gasteiger partial charge in [0.15, 0.2) is 0 Å². The maximum atomic E-state index is 13.5. The van der Waals surface area contributed by atoms with Crippen molar-refractivity contribution in [2.75, 3.05) is 24.4 Å². The first-order chi connectivity index (χ1) is 22.7. The monoisotopic (exact) mass is 651 g/mol. The molecule has 0 saturated heterocycles. The molecule has 0 aromatic heterocycles.